The van der Waals surface area contributed by atoms with Crippen LogP contribution in [0.3, 0.4) is 0 Å². The van der Waals surface area contributed by atoms with Crippen molar-refractivity contribution in [1.29, 1.82) is 0 Å². The third-order valence-electron chi connectivity index (χ3n) is 6.31. The number of benzene rings is 3. The summed E-state index contributed by atoms with van der Waals surface area (Å²) in [6.45, 7) is 2.78. The molecule has 0 radical (unpaired) electrons. The van der Waals surface area contributed by atoms with Gasteiger partial charge in [0.15, 0.2) is 0 Å². The SMILES string of the molecule is Cl.O=C(OCCN(Cc1ccccc1)Cc1ccccc1)C1(c2ccccc2)CCCC1. The molecule has 3 aromatic rings. The fourth-order valence-electron chi connectivity index (χ4n) is 4.65. The first-order chi connectivity index (χ1) is 15.3. The second-order valence-electron chi connectivity index (χ2n) is 8.47. The number of hydrogen-bond donors (Lipinski definition) is 0. The summed E-state index contributed by atoms with van der Waals surface area (Å²) in [5.41, 5.74) is 3.16. The van der Waals surface area contributed by atoms with Crippen LogP contribution < -0.4 is 0 Å². The molecule has 3 aromatic carbocycles. The van der Waals surface area contributed by atoms with Crippen LogP contribution in [0.5, 0.6) is 0 Å². The van der Waals surface area contributed by atoms with Crippen LogP contribution in [-0.2, 0) is 28.0 Å². The van der Waals surface area contributed by atoms with Crippen molar-refractivity contribution in [2.75, 3.05) is 13.2 Å². The number of hydrogen-bond acceptors (Lipinski definition) is 3. The maximum absolute atomic E-state index is 13.2. The minimum absolute atomic E-state index is 0. The molecule has 0 amide bonds. The topological polar surface area (TPSA) is 29.5 Å². The second kappa shape index (κ2) is 11.8. The molecule has 0 aliphatic heterocycles. The van der Waals surface area contributed by atoms with Crippen molar-refractivity contribution < 1.29 is 9.53 Å². The predicted octanol–water partition coefficient (Wildman–Crippen LogP) is 6.17. The largest absolute Gasteiger partial charge is 0.464 e. The quantitative estimate of drug-likeness (QED) is 0.366. The van der Waals surface area contributed by atoms with E-state index in [0.29, 0.717) is 13.2 Å². The molecule has 32 heavy (non-hydrogen) atoms. The maximum Gasteiger partial charge on any atom is 0.316 e. The fourth-order valence-corrected chi connectivity index (χ4v) is 4.65. The molecule has 168 valence electrons. The Morgan fingerprint density at radius 3 is 1.72 bits per heavy atom. The molecule has 0 spiro atoms. The molecule has 1 aliphatic carbocycles. The lowest BCUT2D eigenvalue weighted by atomic mass is 9.79. The molecule has 0 bridgehead atoms. The molecule has 4 rings (SSSR count). The number of nitrogens with zero attached hydrogens (tertiary/aromatic N) is 1. The molecule has 0 heterocycles. The Morgan fingerprint density at radius 2 is 1.22 bits per heavy atom. The van der Waals surface area contributed by atoms with Crippen LogP contribution >= 0.6 is 12.4 Å². The van der Waals surface area contributed by atoms with E-state index in [1.807, 2.05) is 30.3 Å². The summed E-state index contributed by atoms with van der Waals surface area (Å²) in [5.74, 6) is -0.0597. The van der Waals surface area contributed by atoms with Crippen LogP contribution in [0, 0.1) is 0 Å². The summed E-state index contributed by atoms with van der Waals surface area (Å²) in [5, 5.41) is 0. The van der Waals surface area contributed by atoms with Crippen molar-refractivity contribution in [3.8, 4) is 0 Å². The Balaban J connectivity index is 0.00000289. The molecule has 0 N–H and O–H groups in total. The highest BCUT2D eigenvalue weighted by Crippen LogP contribution is 2.42. The van der Waals surface area contributed by atoms with Gasteiger partial charge in [-0.1, -0.05) is 104 Å². The van der Waals surface area contributed by atoms with Gasteiger partial charge < -0.3 is 4.74 Å². The minimum atomic E-state index is -0.467. The van der Waals surface area contributed by atoms with Crippen molar-refractivity contribution in [2.24, 2.45) is 0 Å². The monoisotopic (exact) mass is 449 g/mol. The Morgan fingerprint density at radius 1 is 0.750 bits per heavy atom. The zero-order chi connectivity index (χ0) is 21.4. The standard InChI is InChI=1S/C28H31NO2.ClH/c30-27(28(18-10-11-19-28)26-16-8-3-9-17-26)31-21-20-29(22-24-12-4-1-5-13-24)23-25-14-6-2-7-15-25;/h1-9,12-17H,10-11,18-23H2;1H. The van der Waals surface area contributed by atoms with Gasteiger partial charge in [0.25, 0.3) is 0 Å². The lowest BCUT2D eigenvalue weighted by Crippen LogP contribution is -2.36. The smallest absolute Gasteiger partial charge is 0.316 e. The normalized spacial score (nSPS) is 14.7. The molecule has 0 saturated heterocycles. The van der Waals surface area contributed by atoms with E-state index in [4.69, 9.17) is 4.74 Å². The fraction of sp³-hybridized carbons (Fsp3) is 0.321. The van der Waals surface area contributed by atoms with E-state index in [-0.39, 0.29) is 18.4 Å². The molecule has 0 aromatic heterocycles. The van der Waals surface area contributed by atoms with Crippen molar-refractivity contribution in [3.63, 3.8) is 0 Å². The highest BCUT2D eigenvalue weighted by molar-refractivity contribution is 5.85. The van der Waals surface area contributed by atoms with E-state index in [9.17, 15) is 4.79 Å². The van der Waals surface area contributed by atoms with Gasteiger partial charge in [-0.05, 0) is 29.5 Å². The van der Waals surface area contributed by atoms with Gasteiger partial charge in [0.05, 0.1) is 5.41 Å². The maximum atomic E-state index is 13.2. The Kier molecular flexibility index (Phi) is 8.90. The first-order valence-electron chi connectivity index (χ1n) is 11.3. The highest BCUT2D eigenvalue weighted by Gasteiger charge is 2.44. The average Bonchev–Trinajstić information content (AvgIpc) is 3.32. The second-order valence-corrected chi connectivity index (χ2v) is 8.47. The summed E-state index contributed by atoms with van der Waals surface area (Å²) in [7, 11) is 0. The lowest BCUT2D eigenvalue weighted by Gasteiger charge is -2.28. The Bertz CT molecular complexity index is 899. The van der Waals surface area contributed by atoms with Gasteiger partial charge in [0.1, 0.15) is 6.61 Å². The van der Waals surface area contributed by atoms with Gasteiger partial charge in [-0.15, -0.1) is 12.4 Å². The van der Waals surface area contributed by atoms with E-state index in [0.717, 1.165) is 44.3 Å². The van der Waals surface area contributed by atoms with Crippen molar-refractivity contribution >= 4 is 18.4 Å². The van der Waals surface area contributed by atoms with Gasteiger partial charge >= 0.3 is 5.97 Å². The van der Waals surface area contributed by atoms with E-state index >= 15 is 0 Å². The number of ether oxygens (including phenoxy) is 1. The lowest BCUT2D eigenvalue weighted by molar-refractivity contribution is -0.151. The van der Waals surface area contributed by atoms with E-state index < -0.39 is 5.41 Å². The van der Waals surface area contributed by atoms with Crippen molar-refractivity contribution in [2.45, 2.75) is 44.2 Å². The Hall–Kier alpha value is -2.62. The van der Waals surface area contributed by atoms with E-state index in [1.54, 1.807) is 0 Å². The van der Waals surface area contributed by atoms with E-state index in [1.165, 1.54) is 11.1 Å². The predicted molar refractivity (Wildman–Crippen MR) is 132 cm³/mol. The van der Waals surface area contributed by atoms with Gasteiger partial charge in [-0.3, -0.25) is 9.69 Å². The molecule has 0 atom stereocenters. The third-order valence-corrected chi connectivity index (χ3v) is 6.31. The zero-order valence-corrected chi connectivity index (χ0v) is 19.3. The van der Waals surface area contributed by atoms with Gasteiger partial charge in [0.2, 0.25) is 0 Å². The first kappa shape index (κ1) is 24.0. The number of carbonyl (C=O) groups is 1. The molecular weight excluding hydrogens is 418 g/mol. The number of esters is 1. The van der Waals surface area contributed by atoms with Crippen molar-refractivity contribution in [3.05, 3.63) is 108 Å². The summed E-state index contributed by atoms with van der Waals surface area (Å²) in [6.07, 6.45) is 3.93. The average molecular weight is 450 g/mol. The molecular formula is C28H32ClNO2. The van der Waals surface area contributed by atoms with Gasteiger partial charge in [-0.2, -0.15) is 0 Å². The molecule has 3 nitrogen and oxygen atoms in total. The third kappa shape index (κ3) is 5.99. The number of carbonyl (C=O) groups excluding carboxylic acids is 1. The number of halogens is 1. The van der Waals surface area contributed by atoms with Gasteiger partial charge in [0, 0.05) is 19.6 Å². The highest BCUT2D eigenvalue weighted by atomic mass is 35.5. The molecule has 1 fully saturated rings. The van der Waals surface area contributed by atoms with Crippen LogP contribution in [-0.4, -0.2) is 24.0 Å². The van der Waals surface area contributed by atoms with Crippen LogP contribution in [0.15, 0.2) is 91.0 Å². The van der Waals surface area contributed by atoms with Crippen LogP contribution in [0.2, 0.25) is 0 Å². The number of rotatable bonds is 9. The first-order valence-corrected chi connectivity index (χ1v) is 11.3. The summed E-state index contributed by atoms with van der Waals surface area (Å²) >= 11 is 0. The minimum Gasteiger partial charge on any atom is -0.464 e. The molecule has 1 aliphatic rings. The molecule has 4 heteroatoms. The Labute approximate surface area is 197 Å². The van der Waals surface area contributed by atoms with Gasteiger partial charge in [-0.25, -0.2) is 0 Å². The summed E-state index contributed by atoms with van der Waals surface area (Å²) in [6, 6.07) is 31.1. The summed E-state index contributed by atoms with van der Waals surface area (Å²) < 4.78 is 5.91. The molecule has 1 saturated carbocycles. The molecule has 0 unspecified atom stereocenters. The summed E-state index contributed by atoms with van der Waals surface area (Å²) in [4.78, 5) is 15.6. The van der Waals surface area contributed by atoms with Crippen LogP contribution in [0.25, 0.3) is 0 Å². The van der Waals surface area contributed by atoms with Crippen molar-refractivity contribution in [1.82, 2.24) is 4.90 Å². The van der Waals surface area contributed by atoms with E-state index in [2.05, 4.69) is 65.6 Å². The van der Waals surface area contributed by atoms with Crippen LogP contribution in [0.1, 0.15) is 42.4 Å². The zero-order valence-electron chi connectivity index (χ0n) is 18.5. The van der Waals surface area contributed by atoms with Crippen LogP contribution in [0.4, 0.5) is 0 Å².